The molecule has 0 spiro atoms. The van der Waals surface area contributed by atoms with Gasteiger partial charge < -0.3 is 41.0 Å². The van der Waals surface area contributed by atoms with Gasteiger partial charge in [-0.05, 0) is 133 Å². The molecule has 2 aromatic heterocycles. The largest absolute Gasteiger partial charge is 0.457 e. The molecule has 6 N–H and O–H groups in total. The van der Waals surface area contributed by atoms with Gasteiger partial charge in [0.2, 0.25) is 10.0 Å². The van der Waals surface area contributed by atoms with Crippen molar-refractivity contribution in [3.63, 3.8) is 0 Å². The summed E-state index contributed by atoms with van der Waals surface area (Å²) in [6, 6.07) is 51.9. The van der Waals surface area contributed by atoms with E-state index in [-0.39, 0.29) is 6.03 Å². The first-order valence-electron chi connectivity index (χ1n) is 24.7. The molecule has 79 heavy (non-hydrogen) atoms. The van der Waals surface area contributed by atoms with Gasteiger partial charge in [-0.15, -0.1) is 0 Å². The lowest BCUT2D eigenvalue weighted by atomic mass is 10.1. The fraction of sp³-hybridized carbons (Fsp3) is 0.0847. The highest BCUT2D eigenvalue weighted by Gasteiger charge is 2.13. The summed E-state index contributed by atoms with van der Waals surface area (Å²) in [7, 11) is -3.36. The number of hydrogen-bond acceptors (Lipinski definition) is 12. The maximum Gasteiger partial charge on any atom is 0.323 e. The molecule has 0 aliphatic carbocycles. The van der Waals surface area contributed by atoms with Crippen molar-refractivity contribution >= 4 is 89.9 Å². The molecular weight excluding hydrogens is 1050 g/mol. The number of piperazine rings is 1. The number of carbonyl (C=O) groups is 2. The molecule has 1 fully saturated rings. The van der Waals surface area contributed by atoms with E-state index in [1.54, 1.807) is 134 Å². The van der Waals surface area contributed by atoms with Crippen molar-refractivity contribution < 1.29 is 31.9 Å². The van der Waals surface area contributed by atoms with Crippen LogP contribution in [0.4, 0.5) is 48.1 Å². The van der Waals surface area contributed by atoms with E-state index in [0.29, 0.717) is 73.2 Å². The number of benzene rings is 8. The van der Waals surface area contributed by atoms with Crippen LogP contribution in [0.1, 0.15) is 0 Å². The molecule has 0 radical (unpaired) electrons. The van der Waals surface area contributed by atoms with Crippen LogP contribution in [-0.2, 0) is 10.0 Å². The summed E-state index contributed by atoms with van der Waals surface area (Å²) < 4.78 is 50.6. The quantitative estimate of drug-likeness (QED) is 0.0636. The minimum atomic E-state index is -3.36. The third-order valence-corrected chi connectivity index (χ3v) is 12.9. The number of hydrogen-bond donors (Lipinski definition) is 6. The minimum Gasteiger partial charge on any atom is -0.457 e. The van der Waals surface area contributed by atoms with E-state index in [1.165, 1.54) is 23.9 Å². The van der Waals surface area contributed by atoms with Crippen LogP contribution < -0.4 is 45.7 Å². The highest BCUT2D eigenvalue weighted by molar-refractivity contribution is 7.92. The molecule has 0 unspecified atom stereocenters. The molecule has 8 aromatic carbocycles. The van der Waals surface area contributed by atoms with E-state index in [1.807, 2.05) is 18.2 Å². The van der Waals surface area contributed by atoms with Gasteiger partial charge in [0.05, 0.1) is 52.1 Å². The Morgan fingerprint density at radius 1 is 0.532 bits per heavy atom. The van der Waals surface area contributed by atoms with Crippen molar-refractivity contribution in [2.75, 3.05) is 63.3 Å². The Labute approximate surface area is 458 Å². The Morgan fingerprint density at radius 2 is 0.987 bits per heavy atom. The average molecular weight is 1090 g/mol. The first-order valence-corrected chi connectivity index (χ1v) is 27.0. The Kier molecular flexibility index (Phi) is 16.1. The van der Waals surface area contributed by atoms with Gasteiger partial charge in [0.15, 0.2) is 0 Å². The number of sulfonamides is 1. The van der Waals surface area contributed by atoms with Gasteiger partial charge in [-0.25, -0.2) is 32.4 Å². The molecule has 10 aromatic rings. The Bertz CT molecular complexity index is 3910. The molecule has 0 atom stereocenters. The van der Waals surface area contributed by atoms with Crippen molar-refractivity contribution in [1.82, 2.24) is 25.3 Å². The normalized spacial score (nSPS) is 12.2. The standard InChI is InChI=1S/C31H27ClN6O2.C28H22FN5O4S/c32-22-2-1-3-24(18-22)36-31(39)35-23-6-10-26(11-7-23)40-27-12-13-28-29(19-27)37-30(20-34-28)21-4-8-25(9-5-21)38-16-14-33-15-17-38;1-39(36,37)34-21-7-5-18(6-8-21)27-17-30-25-14-13-24(16-26(25)33-27)38-23-11-9-20(10-12-23)31-28(35)32-22-4-2-3-19(29)15-22/h1-13,18-20,33H,14-17H2,(H2,35,36,39);2-17,34H,1H3,(H2,31,32,35). The van der Waals surface area contributed by atoms with Crippen molar-refractivity contribution in [1.29, 1.82) is 0 Å². The number of ether oxygens (including phenoxy) is 2. The molecule has 4 amide bonds. The lowest BCUT2D eigenvalue weighted by Crippen LogP contribution is -2.43. The number of urea groups is 2. The molecule has 11 rings (SSSR count). The summed E-state index contributed by atoms with van der Waals surface area (Å²) in [4.78, 5) is 45.5. The molecular formula is C59H49ClFN11O6S. The molecule has 20 heteroatoms. The van der Waals surface area contributed by atoms with Crippen molar-refractivity contribution in [3.05, 3.63) is 205 Å². The van der Waals surface area contributed by atoms with Crippen LogP contribution in [0.3, 0.4) is 0 Å². The third kappa shape index (κ3) is 14.6. The zero-order valence-corrected chi connectivity index (χ0v) is 43.7. The number of carbonyl (C=O) groups excluding carboxylic acids is 2. The highest BCUT2D eigenvalue weighted by Crippen LogP contribution is 2.30. The van der Waals surface area contributed by atoms with Crippen molar-refractivity contribution in [2.24, 2.45) is 0 Å². The molecule has 1 saturated heterocycles. The zero-order chi connectivity index (χ0) is 54.7. The number of aromatic nitrogens is 4. The third-order valence-electron chi connectivity index (χ3n) is 12.0. The number of nitrogens with zero attached hydrogens (tertiary/aromatic N) is 5. The van der Waals surface area contributed by atoms with Gasteiger partial charge in [-0.3, -0.25) is 14.7 Å². The summed E-state index contributed by atoms with van der Waals surface area (Å²) in [5, 5.41) is 14.7. The van der Waals surface area contributed by atoms with Crippen LogP contribution in [-0.4, -0.2) is 72.9 Å². The number of fused-ring (bicyclic) bond motifs is 2. The van der Waals surface area contributed by atoms with Crippen LogP contribution in [0.2, 0.25) is 5.02 Å². The van der Waals surface area contributed by atoms with E-state index in [0.717, 1.165) is 60.3 Å². The minimum absolute atomic E-state index is 0.344. The van der Waals surface area contributed by atoms with Crippen LogP contribution in [0.15, 0.2) is 194 Å². The van der Waals surface area contributed by atoms with Crippen molar-refractivity contribution in [2.45, 2.75) is 0 Å². The van der Waals surface area contributed by atoms with Crippen LogP contribution >= 0.6 is 11.6 Å². The first kappa shape index (κ1) is 52.7. The van der Waals surface area contributed by atoms with Gasteiger partial charge in [0.25, 0.3) is 0 Å². The molecule has 1 aliphatic heterocycles. The predicted molar refractivity (Wildman–Crippen MR) is 310 cm³/mol. The number of nitrogens with one attached hydrogen (secondary N) is 6. The molecule has 0 bridgehead atoms. The lowest BCUT2D eigenvalue weighted by Gasteiger charge is -2.29. The summed E-state index contributed by atoms with van der Waals surface area (Å²) in [5.74, 6) is 1.93. The Hall–Kier alpha value is -9.69. The van der Waals surface area contributed by atoms with Crippen molar-refractivity contribution in [3.8, 4) is 45.5 Å². The van der Waals surface area contributed by atoms with Gasteiger partial charge in [-0.1, -0.05) is 48.0 Å². The Balaban J connectivity index is 0.000000178. The fourth-order valence-corrected chi connectivity index (χ4v) is 9.04. The second-order valence-corrected chi connectivity index (χ2v) is 20.2. The molecule has 396 valence electrons. The van der Waals surface area contributed by atoms with E-state index >= 15 is 0 Å². The van der Waals surface area contributed by atoms with Crippen LogP contribution in [0, 0.1) is 5.82 Å². The fourth-order valence-electron chi connectivity index (χ4n) is 8.28. The van der Waals surface area contributed by atoms with E-state index in [2.05, 4.69) is 75.4 Å². The Morgan fingerprint density at radius 3 is 1.48 bits per heavy atom. The second kappa shape index (κ2) is 24.1. The summed E-state index contributed by atoms with van der Waals surface area (Å²) in [5.41, 5.74) is 9.86. The molecule has 3 heterocycles. The number of halogens is 2. The van der Waals surface area contributed by atoms with Gasteiger partial charge in [-0.2, -0.15) is 0 Å². The highest BCUT2D eigenvalue weighted by atomic mass is 35.5. The molecule has 1 aliphatic rings. The molecule has 0 saturated carbocycles. The van der Waals surface area contributed by atoms with E-state index in [9.17, 15) is 22.4 Å². The number of anilines is 6. The maximum absolute atomic E-state index is 13.3. The first-order chi connectivity index (χ1) is 38.3. The second-order valence-electron chi connectivity index (χ2n) is 18.0. The maximum atomic E-state index is 13.3. The lowest BCUT2D eigenvalue weighted by molar-refractivity contribution is 0.261. The zero-order valence-electron chi connectivity index (χ0n) is 42.2. The SMILES string of the molecule is CS(=O)(=O)Nc1ccc(-c2cnc3ccc(Oc4ccc(NC(=O)Nc5cccc(F)c5)cc4)cc3n2)cc1.O=C(Nc1ccc(Oc2ccc3ncc(-c4ccc(N5CCNCC5)cc4)nc3c2)cc1)Nc1cccc(Cl)c1. The van der Waals surface area contributed by atoms with E-state index in [4.69, 9.17) is 26.1 Å². The smallest absolute Gasteiger partial charge is 0.323 e. The van der Waals surface area contributed by atoms with Crippen LogP contribution in [0.25, 0.3) is 44.6 Å². The predicted octanol–water partition coefficient (Wildman–Crippen LogP) is 13.0. The van der Waals surface area contributed by atoms with Gasteiger partial charge in [0.1, 0.15) is 28.8 Å². The summed E-state index contributed by atoms with van der Waals surface area (Å²) in [6.45, 7) is 4.03. The van der Waals surface area contributed by atoms with E-state index < -0.39 is 21.9 Å². The number of rotatable bonds is 13. The van der Waals surface area contributed by atoms with Gasteiger partial charge >= 0.3 is 12.1 Å². The monoisotopic (exact) mass is 1090 g/mol. The summed E-state index contributed by atoms with van der Waals surface area (Å²) in [6.07, 6.45) is 4.55. The van der Waals surface area contributed by atoms with Crippen LogP contribution in [0.5, 0.6) is 23.0 Å². The topological polar surface area (TPSA) is 214 Å². The average Bonchev–Trinajstić information content (AvgIpc) is 3.50. The van der Waals surface area contributed by atoms with Gasteiger partial charge in [0, 0.05) is 88.6 Å². The molecule has 17 nitrogen and oxygen atoms in total. The summed E-state index contributed by atoms with van der Waals surface area (Å²) >= 11 is 5.97. The number of amides is 4.